The molecule has 0 aromatic rings. The molecular weight excluding hydrogens is 274 g/mol. The molecule has 0 radical (unpaired) electrons. The Hall–Kier alpha value is 0.310. The highest BCUT2D eigenvalue weighted by Crippen LogP contribution is 2.43. The van der Waals surface area contributed by atoms with Crippen LogP contribution in [0, 0.1) is 17.3 Å². The Morgan fingerprint density at radius 1 is 0.905 bits per heavy atom. The van der Waals surface area contributed by atoms with Crippen molar-refractivity contribution in [2.45, 2.75) is 102 Å². The van der Waals surface area contributed by atoms with Gasteiger partial charge in [0.2, 0.25) is 0 Å². The van der Waals surface area contributed by atoms with Crippen molar-refractivity contribution in [2.75, 3.05) is 0 Å². The first-order valence-electron chi connectivity index (χ1n) is 9.44. The van der Waals surface area contributed by atoms with E-state index in [1.54, 1.807) is 0 Å². The lowest BCUT2D eigenvalue weighted by molar-refractivity contribution is 0.145. The molecule has 1 nitrogen and oxygen atoms in total. The molecule has 3 fully saturated rings. The maximum atomic E-state index is 3.93. The molecule has 1 N–H and O–H groups in total. The molecule has 2 saturated carbocycles. The van der Waals surface area contributed by atoms with Gasteiger partial charge in [-0.3, -0.25) is 0 Å². The minimum absolute atomic E-state index is 0.531. The molecule has 0 aromatic carbocycles. The van der Waals surface area contributed by atoms with E-state index in [-0.39, 0.29) is 0 Å². The zero-order chi connectivity index (χ0) is 14.9. The van der Waals surface area contributed by atoms with Crippen molar-refractivity contribution in [1.82, 2.24) is 5.32 Å². The summed E-state index contributed by atoms with van der Waals surface area (Å²) in [5, 5.41) is 5.65. The van der Waals surface area contributed by atoms with E-state index in [1.165, 1.54) is 64.2 Å². The Balaban J connectivity index is 1.37. The predicted molar refractivity (Wildman–Crippen MR) is 94.7 cm³/mol. The van der Waals surface area contributed by atoms with Crippen LogP contribution in [0.25, 0.3) is 0 Å². The summed E-state index contributed by atoms with van der Waals surface area (Å²) in [4.78, 5) is 0. The summed E-state index contributed by atoms with van der Waals surface area (Å²) in [6.45, 7) is 7.29. The topological polar surface area (TPSA) is 12.0 Å². The molecule has 0 bridgehead atoms. The average Bonchev–Trinajstić information content (AvgIpc) is 2.87. The zero-order valence-corrected chi connectivity index (χ0v) is 15.2. The van der Waals surface area contributed by atoms with E-state index in [0.29, 0.717) is 5.41 Å². The van der Waals surface area contributed by atoms with Gasteiger partial charge < -0.3 is 5.32 Å². The molecule has 3 atom stereocenters. The minimum Gasteiger partial charge on any atom is -0.301 e. The van der Waals surface area contributed by atoms with E-state index >= 15 is 0 Å². The van der Waals surface area contributed by atoms with Crippen LogP contribution >= 0.6 is 11.8 Å². The molecule has 1 heterocycles. The summed E-state index contributed by atoms with van der Waals surface area (Å²) in [5.41, 5.74) is 0.531. The van der Waals surface area contributed by atoms with Crippen molar-refractivity contribution < 1.29 is 0 Å². The quantitative estimate of drug-likeness (QED) is 0.729. The monoisotopic (exact) mass is 309 g/mol. The first-order valence-corrected chi connectivity index (χ1v) is 10.4. The van der Waals surface area contributed by atoms with Gasteiger partial charge in [-0.1, -0.05) is 46.5 Å². The third-order valence-electron chi connectivity index (χ3n) is 6.35. The van der Waals surface area contributed by atoms with Gasteiger partial charge in [-0.05, 0) is 55.8 Å². The molecule has 21 heavy (non-hydrogen) atoms. The van der Waals surface area contributed by atoms with E-state index in [1.807, 2.05) is 0 Å². The Bertz CT molecular complexity index is 313. The molecular formula is C19H35NS. The van der Waals surface area contributed by atoms with Crippen LogP contribution in [0.4, 0.5) is 0 Å². The molecule has 1 aliphatic heterocycles. The van der Waals surface area contributed by atoms with Crippen LogP contribution < -0.4 is 5.32 Å². The first kappa shape index (κ1) is 16.2. The van der Waals surface area contributed by atoms with E-state index in [2.05, 4.69) is 37.8 Å². The summed E-state index contributed by atoms with van der Waals surface area (Å²) in [6.07, 6.45) is 14.7. The van der Waals surface area contributed by atoms with Gasteiger partial charge in [-0.2, -0.15) is 0 Å². The highest BCUT2D eigenvalue weighted by molar-refractivity contribution is 8.00. The molecule has 2 aliphatic carbocycles. The van der Waals surface area contributed by atoms with Crippen LogP contribution in [0.1, 0.15) is 85.0 Å². The lowest BCUT2D eigenvalue weighted by Crippen LogP contribution is -2.35. The van der Waals surface area contributed by atoms with Gasteiger partial charge in [0.25, 0.3) is 0 Å². The number of thioether (sulfide) groups is 1. The standard InChI is InChI=1S/C19H35NS/c1-19(2,3)15-11-8-14(9-12-15)10-13-18-20-16-6-4-5-7-17(16)21-18/h14-18,20H,4-13H2,1-3H3. The summed E-state index contributed by atoms with van der Waals surface area (Å²) in [5.74, 6) is 1.99. The molecule has 1 saturated heterocycles. The Morgan fingerprint density at radius 2 is 1.62 bits per heavy atom. The van der Waals surface area contributed by atoms with Crippen LogP contribution in [0.3, 0.4) is 0 Å². The second-order valence-corrected chi connectivity index (χ2v) is 10.3. The molecule has 0 aromatic heterocycles. The summed E-state index contributed by atoms with van der Waals surface area (Å²) in [6, 6.07) is 0.852. The second kappa shape index (κ2) is 6.83. The highest BCUT2D eigenvalue weighted by Gasteiger charge is 2.36. The molecule has 2 heteroatoms. The smallest absolute Gasteiger partial charge is 0.0538 e. The number of hydrogen-bond acceptors (Lipinski definition) is 2. The number of fused-ring (bicyclic) bond motifs is 1. The van der Waals surface area contributed by atoms with Gasteiger partial charge in [-0.25, -0.2) is 0 Å². The molecule has 0 spiro atoms. The molecule has 122 valence electrons. The fraction of sp³-hybridized carbons (Fsp3) is 1.00. The third-order valence-corrected chi connectivity index (χ3v) is 7.96. The molecule has 3 unspecified atom stereocenters. The molecule has 3 aliphatic rings. The highest BCUT2D eigenvalue weighted by atomic mass is 32.2. The maximum absolute atomic E-state index is 3.93. The SMILES string of the molecule is CC(C)(C)C1CCC(CCC2NC3CCCCC3S2)CC1. The fourth-order valence-electron chi connectivity index (χ4n) is 4.80. The van der Waals surface area contributed by atoms with Crippen LogP contribution in [0.15, 0.2) is 0 Å². The summed E-state index contributed by atoms with van der Waals surface area (Å²) >= 11 is 2.28. The lowest BCUT2D eigenvalue weighted by atomic mass is 9.69. The van der Waals surface area contributed by atoms with Crippen molar-refractivity contribution >= 4 is 11.8 Å². The fourth-order valence-corrected chi connectivity index (χ4v) is 6.45. The third kappa shape index (κ3) is 4.19. The van der Waals surface area contributed by atoms with Crippen molar-refractivity contribution in [3.05, 3.63) is 0 Å². The average molecular weight is 310 g/mol. The van der Waals surface area contributed by atoms with Gasteiger partial charge >= 0.3 is 0 Å². The normalized spacial score (nSPS) is 41.0. The van der Waals surface area contributed by atoms with Crippen LogP contribution in [-0.2, 0) is 0 Å². The summed E-state index contributed by atoms with van der Waals surface area (Å²) < 4.78 is 0. The van der Waals surface area contributed by atoms with Crippen LogP contribution in [0.2, 0.25) is 0 Å². The maximum Gasteiger partial charge on any atom is 0.0538 e. The zero-order valence-electron chi connectivity index (χ0n) is 14.4. The van der Waals surface area contributed by atoms with Gasteiger partial charge in [0.05, 0.1) is 5.37 Å². The van der Waals surface area contributed by atoms with E-state index in [0.717, 1.165) is 28.5 Å². The van der Waals surface area contributed by atoms with Crippen LogP contribution in [0.5, 0.6) is 0 Å². The first-order chi connectivity index (χ1) is 10.0. The predicted octanol–water partition coefficient (Wildman–Crippen LogP) is 5.59. The summed E-state index contributed by atoms with van der Waals surface area (Å²) in [7, 11) is 0. The Kier molecular flexibility index (Phi) is 5.26. The van der Waals surface area contributed by atoms with Gasteiger partial charge in [-0.15, -0.1) is 11.8 Å². The van der Waals surface area contributed by atoms with Crippen LogP contribution in [-0.4, -0.2) is 16.7 Å². The van der Waals surface area contributed by atoms with Crippen molar-refractivity contribution in [3.8, 4) is 0 Å². The number of rotatable bonds is 3. The molecule has 0 amide bonds. The largest absolute Gasteiger partial charge is 0.301 e. The van der Waals surface area contributed by atoms with E-state index in [4.69, 9.17) is 0 Å². The second-order valence-electron chi connectivity index (χ2n) is 8.88. The van der Waals surface area contributed by atoms with Crippen molar-refractivity contribution in [2.24, 2.45) is 17.3 Å². The van der Waals surface area contributed by atoms with Crippen molar-refractivity contribution in [3.63, 3.8) is 0 Å². The van der Waals surface area contributed by atoms with E-state index in [9.17, 15) is 0 Å². The van der Waals surface area contributed by atoms with Gasteiger partial charge in [0, 0.05) is 11.3 Å². The Labute approximate surface area is 136 Å². The molecule has 3 rings (SSSR count). The van der Waals surface area contributed by atoms with Gasteiger partial charge in [0.15, 0.2) is 0 Å². The van der Waals surface area contributed by atoms with Crippen molar-refractivity contribution in [1.29, 1.82) is 0 Å². The number of nitrogens with one attached hydrogen (secondary N) is 1. The van der Waals surface area contributed by atoms with Gasteiger partial charge in [0.1, 0.15) is 0 Å². The lowest BCUT2D eigenvalue weighted by Gasteiger charge is -2.37. The number of hydrogen-bond donors (Lipinski definition) is 1. The van der Waals surface area contributed by atoms with E-state index < -0.39 is 0 Å². The minimum atomic E-state index is 0.531. The Morgan fingerprint density at radius 3 is 2.29 bits per heavy atom.